The fourth-order valence-electron chi connectivity index (χ4n) is 4.49. The highest BCUT2D eigenvalue weighted by Crippen LogP contribution is 2.25. The summed E-state index contributed by atoms with van der Waals surface area (Å²) in [5.41, 5.74) is 0.297. The van der Waals surface area contributed by atoms with Crippen LogP contribution in [-0.2, 0) is 14.8 Å². The van der Waals surface area contributed by atoms with Gasteiger partial charge < -0.3 is 9.64 Å². The number of ether oxygens (including phenoxy) is 1. The Morgan fingerprint density at radius 2 is 1.69 bits per heavy atom. The van der Waals surface area contributed by atoms with Gasteiger partial charge in [-0.05, 0) is 37.8 Å². The third-order valence-electron chi connectivity index (χ3n) is 6.20. The summed E-state index contributed by atoms with van der Waals surface area (Å²) in [5, 5.41) is 0. The summed E-state index contributed by atoms with van der Waals surface area (Å²) in [5.74, 6) is -0.182. The van der Waals surface area contributed by atoms with E-state index in [1.54, 1.807) is 29.2 Å². The molecule has 1 atom stereocenters. The normalized spacial score (nSPS) is 24.7. The zero-order valence-corrected chi connectivity index (χ0v) is 17.8. The van der Waals surface area contributed by atoms with E-state index in [9.17, 15) is 13.2 Å². The Morgan fingerprint density at radius 3 is 2.38 bits per heavy atom. The van der Waals surface area contributed by atoms with Crippen LogP contribution in [0.3, 0.4) is 0 Å². The summed E-state index contributed by atoms with van der Waals surface area (Å²) in [6.45, 7) is 5.67. The number of rotatable bonds is 5. The molecule has 3 heterocycles. The van der Waals surface area contributed by atoms with Crippen molar-refractivity contribution in [3.8, 4) is 0 Å². The Morgan fingerprint density at radius 1 is 0.966 bits per heavy atom. The number of benzene rings is 1. The molecule has 0 aromatic heterocycles. The fraction of sp³-hybridized carbons (Fsp3) is 0.667. The lowest BCUT2D eigenvalue weighted by molar-refractivity contribution is 0.0430. The highest BCUT2D eigenvalue weighted by molar-refractivity contribution is 7.89. The SMILES string of the molecule is O=C(c1ccccc1S(=O)(=O)N1CCCCC1)N1CCN(CC2CCCO2)CC1. The number of carbonyl (C=O) groups is 1. The van der Waals surface area contributed by atoms with Crippen LogP contribution in [0, 0.1) is 0 Å². The maximum absolute atomic E-state index is 13.2. The Balaban J connectivity index is 1.44. The highest BCUT2D eigenvalue weighted by atomic mass is 32.2. The molecule has 4 rings (SSSR count). The van der Waals surface area contributed by atoms with Gasteiger partial charge >= 0.3 is 0 Å². The molecule has 1 amide bonds. The van der Waals surface area contributed by atoms with Crippen LogP contribution < -0.4 is 0 Å². The van der Waals surface area contributed by atoms with Gasteiger partial charge in [0.05, 0.1) is 16.6 Å². The number of piperidine rings is 1. The van der Waals surface area contributed by atoms with Crippen LogP contribution in [0.25, 0.3) is 0 Å². The molecular formula is C21H31N3O4S. The summed E-state index contributed by atoms with van der Waals surface area (Å²) < 4.78 is 33.6. The predicted molar refractivity (Wildman–Crippen MR) is 110 cm³/mol. The van der Waals surface area contributed by atoms with Crippen molar-refractivity contribution < 1.29 is 17.9 Å². The molecule has 1 aromatic rings. The molecule has 7 nitrogen and oxygen atoms in total. The maximum atomic E-state index is 13.2. The molecule has 3 aliphatic rings. The minimum absolute atomic E-state index is 0.147. The predicted octanol–water partition coefficient (Wildman–Crippen LogP) is 1.80. The summed E-state index contributed by atoms with van der Waals surface area (Å²) in [7, 11) is -3.64. The minimum Gasteiger partial charge on any atom is -0.377 e. The maximum Gasteiger partial charge on any atom is 0.255 e. The number of piperazine rings is 1. The summed E-state index contributed by atoms with van der Waals surface area (Å²) in [6.07, 6.45) is 5.37. The molecule has 0 bridgehead atoms. The van der Waals surface area contributed by atoms with Crippen molar-refractivity contribution in [3.05, 3.63) is 29.8 Å². The van der Waals surface area contributed by atoms with Crippen molar-refractivity contribution in [2.75, 3.05) is 52.4 Å². The van der Waals surface area contributed by atoms with Crippen LogP contribution in [0.4, 0.5) is 0 Å². The van der Waals surface area contributed by atoms with Gasteiger partial charge in [0.25, 0.3) is 5.91 Å². The second-order valence-electron chi connectivity index (χ2n) is 8.19. The smallest absolute Gasteiger partial charge is 0.255 e. The molecule has 29 heavy (non-hydrogen) atoms. The molecule has 0 radical (unpaired) electrons. The van der Waals surface area contributed by atoms with Gasteiger partial charge in [-0.1, -0.05) is 18.6 Å². The fourth-order valence-corrected chi connectivity index (χ4v) is 6.19. The topological polar surface area (TPSA) is 70.2 Å². The zero-order valence-electron chi connectivity index (χ0n) is 17.0. The van der Waals surface area contributed by atoms with E-state index >= 15 is 0 Å². The average Bonchev–Trinajstić information content (AvgIpc) is 3.27. The van der Waals surface area contributed by atoms with Crippen LogP contribution in [0.2, 0.25) is 0 Å². The lowest BCUT2D eigenvalue weighted by atomic mass is 10.1. The number of amides is 1. The minimum atomic E-state index is -3.64. The first kappa shape index (κ1) is 20.8. The van der Waals surface area contributed by atoms with Crippen molar-refractivity contribution in [1.29, 1.82) is 0 Å². The molecule has 160 valence electrons. The van der Waals surface area contributed by atoms with Gasteiger partial charge in [0, 0.05) is 52.4 Å². The van der Waals surface area contributed by atoms with Gasteiger partial charge in [-0.2, -0.15) is 4.31 Å². The molecule has 0 saturated carbocycles. The molecule has 0 N–H and O–H groups in total. The van der Waals surface area contributed by atoms with E-state index in [0.29, 0.717) is 37.8 Å². The van der Waals surface area contributed by atoms with Crippen molar-refractivity contribution in [1.82, 2.24) is 14.1 Å². The van der Waals surface area contributed by atoms with Gasteiger partial charge in [-0.25, -0.2) is 8.42 Å². The van der Waals surface area contributed by atoms with E-state index in [0.717, 1.165) is 58.3 Å². The molecule has 1 aromatic carbocycles. The number of sulfonamides is 1. The standard InChI is InChI=1S/C21H31N3O4S/c25-21(23-14-12-22(13-15-23)17-18-7-6-16-28-18)19-8-2-3-9-20(19)29(26,27)24-10-4-1-5-11-24/h2-3,8-9,18H,1,4-7,10-17H2. The average molecular weight is 422 g/mol. The largest absolute Gasteiger partial charge is 0.377 e. The molecule has 8 heteroatoms. The van der Waals surface area contributed by atoms with E-state index in [-0.39, 0.29) is 10.8 Å². The van der Waals surface area contributed by atoms with Crippen molar-refractivity contribution >= 4 is 15.9 Å². The van der Waals surface area contributed by atoms with Crippen LogP contribution in [-0.4, -0.2) is 87.0 Å². The van der Waals surface area contributed by atoms with E-state index in [1.807, 2.05) is 0 Å². The second-order valence-corrected chi connectivity index (χ2v) is 10.1. The van der Waals surface area contributed by atoms with Gasteiger partial charge in [-0.3, -0.25) is 9.69 Å². The summed E-state index contributed by atoms with van der Waals surface area (Å²) in [6, 6.07) is 6.67. The first-order chi connectivity index (χ1) is 14.1. The van der Waals surface area contributed by atoms with Crippen LogP contribution in [0.5, 0.6) is 0 Å². The quantitative estimate of drug-likeness (QED) is 0.725. The number of hydrogen-bond donors (Lipinski definition) is 0. The molecule has 1 unspecified atom stereocenters. The summed E-state index contributed by atoms with van der Waals surface area (Å²) >= 11 is 0. The molecule has 0 spiro atoms. The Labute approximate surface area is 173 Å². The van der Waals surface area contributed by atoms with Crippen molar-refractivity contribution in [2.24, 2.45) is 0 Å². The zero-order chi connectivity index (χ0) is 20.3. The summed E-state index contributed by atoms with van der Waals surface area (Å²) in [4.78, 5) is 17.5. The monoisotopic (exact) mass is 421 g/mol. The third-order valence-corrected chi connectivity index (χ3v) is 8.15. The van der Waals surface area contributed by atoms with Crippen LogP contribution in [0.15, 0.2) is 29.2 Å². The first-order valence-corrected chi connectivity index (χ1v) is 12.2. The van der Waals surface area contributed by atoms with E-state index in [1.165, 1.54) is 4.31 Å². The van der Waals surface area contributed by atoms with Gasteiger partial charge in [0.1, 0.15) is 0 Å². The lowest BCUT2D eigenvalue weighted by Crippen LogP contribution is -2.50. The molecule has 0 aliphatic carbocycles. The molecule has 3 aliphatic heterocycles. The lowest BCUT2D eigenvalue weighted by Gasteiger charge is -2.36. The Bertz CT molecular complexity index is 809. The van der Waals surface area contributed by atoms with Gasteiger partial charge in [0.15, 0.2) is 0 Å². The van der Waals surface area contributed by atoms with Crippen LogP contribution >= 0.6 is 0 Å². The Kier molecular flexibility index (Phi) is 6.53. The molecular weight excluding hydrogens is 390 g/mol. The number of carbonyl (C=O) groups excluding carboxylic acids is 1. The molecule has 3 saturated heterocycles. The van der Waals surface area contributed by atoms with Gasteiger partial charge in [-0.15, -0.1) is 0 Å². The number of hydrogen-bond acceptors (Lipinski definition) is 5. The molecule has 3 fully saturated rings. The highest BCUT2D eigenvalue weighted by Gasteiger charge is 2.32. The van der Waals surface area contributed by atoms with E-state index < -0.39 is 10.0 Å². The third kappa shape index (κ3) is 4.66. The van der Waals surface area contributed by atoms with Crippen LogP contribution in [0.1, 0.15) is 42.5 Å². The van der Waals surface area contributed by atoms with Crippen molar-refractivity contribution in [2.45, 2.75) is 43.1 Å². The first-order valence-electron chi connectivity index (χ1n) is 10.8. The number of nitrogens with zero attached hydrogens (tertiary/aromatic N) is 3. The van der Waals surface area contributed by atoms with E-state index in [2.05, 4.69) is 4.90 Å². The van der Waals surface area contributed by atoms with Crippen molar-refractivity contribution in [3.63, 3.8) is 0 Å². The Hall–Kier alpha value is -1.48. The van der Waals surface area contributed by atoms with Gasteiger partial charge in [0.2, 0.25) is 10.0 Å². The van der Waals surface area contributed by atoms with E-state index in [4.69, 9.17) is 4.74 Å². The second kappa shape index (κ2) is 9.12.